The molecule has 0 saturated heterocycles. The number of hydrogen-bond donors (Lipinski definition) is 0. The lowest BCUT2D eigenvalue weighted by atomic mass is 9.95. The maximum atomic E-state index is 14.9. The molecular formula is C30H25F6N5O4. The van der Waals surface area contributed by atoms with Gasteiger partial charge in [0.05, 0.1) is 11.5 Å². The number of nitro groups is 1. The second kappa shape index (κ2) is 12.7. The molecule has 1 aliphatic heterocycles. The van der Waals surface area contributed by atoms with Crippen LogP contribution in [0.2, 0.25) is 0 Å². The van der Waals surface area contributed by atoms with Crippen molar-refractivity contribution < 1.29 is 40.4 Å². The van der Waals surface area contributed by atoms with Gasteiger partial charge < -0.3 is 14.1 Å². The third kappa shape index (κ3) is 6.82. The summed E-state index contributed by atoms with van der Waals surface area (Å²) in [5.74, 6) is -2.61. The topological polar surface area (TPSA) is 107 Å². The van der Waals surface area contributed by atoms with E-state index in [0.717, 1.165) is 0 Å². The van der Waals surface area contributed by atoms with Crippen molar-refractivity contribution in [2.75, 3.05) is 11.4 Å². The molecule has 1 atom stereocenters. The number of halogens is 6. The maximum absolute atomic E-state index is 14.9. The zero-order valence-electron chi connectivity index (χ0n) is 23.4. The van der Waals surface area contributed by atoms with Gasteiger partial charge in [-0.1, -0.05) is 72.8 Å². The zero-order valence-corrected chi connectivity index (χ0v) is 23.4. The predicted octanol–water partition coefficient (Wildman–Crippen LogP) is 7.78. The summed E-state index contributed by atoms with van der Waals surface area (Å²) in [6.45, 7) is -0.608. The first kappa shape index (κ1) is 31.6. The van der Waals surface area contributed by atoms with E-state index in [0.29, 0.717) is 11.1 Å². The van der Waals surface area contributed by atoms with Crippen LogP contribution in [0.4, 0.5) is 37.8 Å². The van der Waals surface area contributed by atoms with Crippen molar-refractivity contribution in [3.05, 3.63) is 112 Å². The van der Waals surface area contributed by atoms with Gasteiger partial charge in [-0.05, 0) is 30.4 Å². The van der Waals surface area contributed by atoms with Crippen LogP contribution in [0.3, 0.4) is 0 Å². The minimum absolute atomic E-state index is 0.0528. The molecular weight excluding hydrogens is 608 g/mol. The van der Waals surface area contributed by atoms with Crippen LogP contribution in [-0.2, 0) is 29.7 Å². The molecule has 1 unspecified atom stereocenters. The SMILES string of the molecule is O=[N+]([O-])c1cc(C(F)(F)F)c2nc1-c1nnc(o1)C(OCc1ccccc1)(C(F)(F)F)CC/C=C\CCN2Cc1ccccc1. The van der Waals surface area contributed by atoms with Crippen molar-refractivity contribution in [3.8, 4) is 11.6 Å². The number of benzene rings is 2. The first-order chi connectivity index (χ1) is 21.4. The maximum Gasteiger partial charge on any atom is 0.426 e. The molecule has 9 nitrogen and oxygen atoms in total. The van der Waals surface area contributed by atoms with Gasteiger partial charge in [-0.2, -0.15) is 26.3 Å². The molecule has 5 rings (SSSR count). The molecule has 0 spiro atoms. The smallest absolute Gasteiger partial charge is 0.415 e. The first-order valence-corrected chi connectivity index (χ1v) is 13.7. The van der Waals surface area contributed by atoms with Gasteiger partial charge in [0.25, 0.3) is 11.8 Å². The number of nitrogens with zero attached hydrogens (tertiary/aromatic N) is 5. The Hall–Kier alpha value is -4.79. The van der Waals surface area contributed by atoms with Gasteiger partial charge in [0, 0.05) is 19.2 Å². The van der Waals surface area contributed by atoms with Crippen LogP contribution >= 0.6 is 0 Å². The third-order valence-corrected chi connectivity index (χ3v) is 7.15. The van der Waals surface area contributed by atoms with E-state index in [-0.39, 0.29) is 32.0 Å². The van der Waals surface area contributed by atoms with E-state index in [4.69, 9.17) is 9.15 Å². The number of ether oxygens (including phenoxy) is 1. The molecule has 3 heterocycles. The fourth-order valence-corrected chi connectivity index (χ4v) is 4.90. The van der Waals surface area contributed by atoms with Gasteiger partial charge in [0.2, 0.25) is 11.3 Å². The summed E-state index contributed by atoms with van der Waals surface area (Å²) in [4.78, 5) is 16.1. The van der Waals surface area contributed by atoms with E-state index in [1.54, 1.807) is 66.7 Å². The summed E-state index contributed by atoms with van der Waals surface area (Å²) >= 11 is 0. The van der Waals surface area contributed by atoms with Gasteiger partial charge in [-0.3, -0.25) is 10.1 Å². The van der Waals surface area contributed by atoms with E-state index >= 15 is 0 Å². The highest BCUT2D eigenvalue weighted by Gasteiger charge is 2.61. The molecule has 0 saturated carbocycles. The Bertz CT molecular complexity index is 1660. The number of aromatic nitrogens is 3. The Kier molecular flexibility index (Phi) is 8.91. The molecule has 0 amide bonds. The summed E-state index contributed by atoms with van der Waals surface area (Å²) in [5.41, 5.74) is -5.49. The largest absolute Gasteiger partial charge is 0.426 e. The highest BCUT2D eigenvalue weighted by Crippen LogP contribution is 2.47. The fraction of sp³-hybridized carbons (Fsp3) is 0.300. The molecule has 0 aliphatic carbocycles. The highest BCUT2D eigenvalue weighted by molar-refractivity contribution is 5.68. The van der Waals surface area contributed by atoms with Crippen molar-refractivity contribution >= 4 is 11.5 Å². The van der Waals surface area contributed by atoms with Gasteiger partial charge in [0.15, 0.2) is 0 Å². The molecule has 15 heteroatoms. The second-order valence-corrected chi connectivity index (χ2v) is 10.2. The summed E-state index contributed by atoms with van der Waals surface area (Å²) in [6.07, 6.45) is -7.91. The summed E-state index contributed by atoms with van der Waals surface area (Å²) in [7, 11) is 0. The molecule has 0 radical (unpaired) electrons. The van der Waals surface area contributed by atoms with Gasteiger partial charge in [-0.25, -0.2) is 4.98 Å². The van der Waals surface area contributed by atoms with Gasteiger partial charge >= 0.3 is 18.0 Å². The van der Waals surface area contributed by atoms with Crippen LogP contribution in [0.5, 0.6) is 0 Å². The predicted molar refractivity (Wildman–Crippen MR) is 149 cm³/mol. The lowest BCUT2D eigenvalue weighted by molar-refractivity contribution is -0.384. The number of allylic oxidation sites excluding steroid dienone is 1. The number of fused-ring (bicyclic) bond motifs is 5. The summed E-state index contributed by atoms with van der Waals surface area (Å²) < 4.78 is 98.6. The highest BCUT2D eigenvalue weighted by atomic mass is 19.4. The Morgan fingerprint density at radius 2 is 1.58 bits per heavy atom. The zero-order chi connectivity index (χ0) is 32.2. The average molecular weight is 634 g/mol. The van der Waals surface area contributed by atoms with Crippen LogP contribution in [0.25, 0.3) is 11.6 Å². The van der Waals surface area contributed by atoms with Gasteiger partial charge in [0.1, 0.15) is 11.4 Å². The van der Waals surface area contributed by atoms with Crippen LogP contribution in [-0.4, -0.2) is 32.8 Å². The average Bonchev–Trinajstić information content (AvgIpc) is 3.49. The lowest BCUT2D eigenvalue weighted by Crippen LogP contribution is -2.45. The molecule has 1 aliphatic rings. The molecule has 236 valence electrons. The van der Waals surface area contributed by atoms with E-state index < -0.39 is 70.4 Å². The van der Waals surface area contributed by atoms with Crippen molar-refractivity contribution in [2.45, 2.75) is 50.4 Å². The monoisotopic (exact) mass is 633 g/mol. The Balaban J connectivity index is 1.70. The summed E-state index contributed by atoms with van der Waals surface area (Å²) in [6, 6.07) is 16.8. The van der Waals surface area contributed by atoms with Crippen molar-refractivity contribution in [1.29, 1.82) is 0 Å². The molecule has 2 aromatic carbocycles. The van der Waals surface area contributed by atoms with Crippen LogP contribution in [0, 0.1) is 10.1 Å². The van der Waals surface area contributed by atoms with E-state index in [9.17, 15) is 36.5 Å². The first-order valence-electron chi connectivity index (χ1n) is 13.7. The lowest BCUT2D eigenvalue weighted by Gasteiger charge is -2.32. The second-order valence-electron chi connectivity index (χ2n) is 10.2. The number of anilines is 1. The molecule has 4 bridgehead atoms. The van der Waals surface area contributed by atoms with E-state index in [1.807, 2.05) is 0 Å². The molecule has 0 N–H and O–H groups in total. The third-order valence-electron chi connectivity index (χ3n) is 7.15. The number of rotatable bonds is 6. The molecule has 45 heavy (non-hydrogen) atoms. The van der Waals surface area contributed by atoms with Crippen LogP contribution < -0.4 is 4.90 Å². The van der Waals surface area contributed by atoms with E-state index in [2.05, 4.69) is 15.2 Å². The number of pyridine rings is 1. The minimum atomic E-state index is -5.10. The summed E-state index contributed by atoms with van der Waals surface area (Å²) in [5, 5.41) is 19.2. The Labute approximate surface area is 252 Å². The Morgan fingerprint density at radius 3 is 2.20 bits per heavy atom. The molecule has 0 fully saturated rings. The normalized spacial score (nSPS) is 18.3. The molecule has 2 aromatic heterocycles. The number of hydrogen-bond acceptors (Lipinski definition) is 8. The van der Waals surface area contributed by atoms with Crippen molar-refractivity contribution in [3.63, 3.8) is 0 Å². The Morgan fingerprint density at radius 1 is 0.933 bits per heavy atom. The van der Waals surface area contributed by atoms with Crippen molar-refractivity contribution in [1.82, 2.24) is 15.2 Å². The minimum Gasteiger partial charge on any atom is -0.415 e. The van der Waals surface area contributed by atoms with Crippen LogP contribution in [0.1, 0.15) is 41.8 Å². The van der Waals surface area contributed by atoms with Gasteiger partial charge in [-0.15, -0.1) is 10.2 Å². The standard InChI is InChI=1S/C30H25F6N5O4/c31-29(32,33)22-17-23(41(42)43)24-26-38-39-27(45-26)28(30(34,35)36,44-19-21-13-7-4-8-14-21)15-9-1-2-10-16-40(25(22)37-24)18-20-11-5-3-6-12-20/h1-8,11-14,17H,9-10,15-16,18-19H2/b2-1-. The fourth-order valence-electron chi connectivity index (χ4n) is 4.90. The van der Waals surface area contributed by atoms with Crippen LogP contribution in [0.15, 0.2) is 83.3 Å². The number of alkyl halides is 6. The quantitative estimate of drug-likeness (QED) is 0.0917. The van der Waals surface area contributed by atoms with E-state index in [1.165, 1.54) is 11.0 Å². The molecule has 4 aromatic rings. The van der Waals surface area contributed by atoms with Crippen molar-refractivity contribution in [2.24, 2.45) is 0 Å².